The third kappa shape index (κ3) is 4.33. The molecule has 1 heterocycles. The van der Waals surface area contributed by atoms with E-state index < -0.39 is 0 Å². The molecule has 0 aliphatic heterocycles. The van der Waals surface area contributed by atoms with Crippen molar-refractivity contribution in [2.24, 2.45) is 0 Å². The van der Waals surface area contributed by atoms with Crippen LogP contribution in [0.3, 0.4) is 0 Å². The van der Waals surface area contributed by atoms with Gasteiger partial charge >= 0.3 is 0 Å². The summed E-state index contributed by atoms with van der Waals surface area (Å²) >= 11 is 3.42. The quantitative estimate of drug-likeness (QED) is 0.371. The Balaban J connectivity index is 1.59. The number of hydrogen-bond acceptors (Lipinski definition) is 3. The zero-order chi connectivity index (χ0) is 21.1. The van der Waals surface area contributed by atoms with Crippen molar-refractivity contribution in [3.63, 3.8) is 0 Å². The highest BCUT2D eigenvalue weighted by molar-refractivity contribution is 9.10. The van der Waals surface area contributed by atoms with Gasteiger partial charge in [0.15, 0.2) is 5.76 Å². The summed E-state index contributed by atoms with van der Waals surface area (Å²) in [5, 5.41) is 2.95. The van der Waals surface area contributed by atoms with Crippen molar-refractivity contribution in [3.8, 4) is 22.8 Å². The second-order valence-corrected chi connectivity index (χ2v) is 7.74. The number of amides is 1. The van der Waals surface area contributed by atoms with Gasteiger partial charge < -0.3 is 9.73 Å². The van der Waals surface area contributed by atoms with Gasteiger partial charge in [0.25, 0.3) is 5.91 Å². The van der Waals surface area contributed by atoms with Gasteiger partial charge in [-0.15, -0.1) is 0 Å². The summed E-state index contributed by atoms with van der Waals surface area (Å²) in [6.07, 6.45) is 1.65. The predicted molar refractivity (Wildman–Crippen MR) is 117 cm³/mol. The van der Waals surface area contributed by atoms with Crippen LogP contribution < -0.4 is 5.32 Å². The summed E-state index contributed by atoms with van der Waals surface area (Å²) in [4.78, 5) is 17.3. The minimum absolute atomic E-state index is 0.259. The largest absolute Gasteiger partial charge is 0.436 e. The van der Waals surface area contributed by atoms with E-state index in [0.717, 1.165) is 15.6 Å². The summed E-state index contributed by atoms with van der Waals surface area (Å²) in [7, 11) is 0. The molecule has 1 N–H and O–H groups in total. The molecule has 0 saturated carbocycles. The van der Waals surface area contributed by atoms with E-state index in [9.17, 15) is 9.18 Å². The number of aromatic nitrogens is 1. The Labute approximate surface area is 181 Å². The Bertz CT molecular complexity index is 1170. The van der Waals surface area contributed by atoms with Crippen molar-refractivity contribution in [1.82, 2.24) is 10.3 Å². The zero-order valence-electron chi connectivity index (χ0n) is 16.1. The minimum atomic E-state index is -0.312. The predicted octanol–water partition coefficient (Wildman–Crippen LogP) is 6.40. The molecule has 1 amide bonds. The Morgan fingerprint density at radius 2 is 1.73 bits per heavy atom. The van der Waals surface area contributed by atoms with Gasteiger partial charge in [0.1, 0.15) is 5.82 Å². The van der Waals surface area contributed by atoms with Crippen LogP contribution in [0.4, 0.5) is 4.39 Å². The summed E-state index contributed by atoms with van der Waals surface area (Å²) in [6.45, 7) is 1.85. The maximum absolute atomic E-state index is 13.2. The average molecular weight is 465 g/mol. The second kappa shape index (κ2) is 8.63. The van der Waals surface area contributed by atoms with Crippen LogP contribution in [-0.4, -0.2) is 10.9 Å². The van der Waals surface area contributed by atoms with Crippen molar-refractivity contribution in [3.05, 3.63) is 100 Å². The Kier molecular flexibility index (Phi) is 5.77. The van der Waals surface area contributed by atoms with E-state index >= 15 is 0 Å². The molecule has 0 aliphatic carbocycles. The number of carbonyl (C=O) groups is 1. The number of carbonyl (C=O) groups excluding carboxylic acids is 1. The number of halogens is 2. The smallest absolute Gasteiger partial charge is 0.252 e. The van der Waals surface area contributed by atoms with Gasteiger partial charge in [-0.1, -0.05) is 52.3 Å². The van der Waals surface area contributed by atoms with Crippen molar-refractivity contribution >= 4 is 21.8 Å². The minimum Gasteiger partial charge on any atom is -0.436 e. The molecule has 1 unspecified atom stereocenters. The fourth-order valence-corrected chi connectivity index (χ4v) is 3.39. The molecular weight excluding hydrogens is 447 g/mol. The van der Waals surface area contributed by atoms with E-state index in [1.54, 1.807) is 36.5 Å². The molecule has 0 radical (unpaired) electrons. The van der Waals surface area contributed by atoms with E-state index in [1.165, 1.54) is 12.1 Å². The third-order valence-corrected chi connectivity index (χ3v) is 5.28. The molecule has 6 heteroatoms. The third-order valence-electron chi connectivity index (χ3n) is 4.75. The first-order chi connectivity index (χ1) is 14.5. The zero-order valence-corrected chi connectivity index (χ0v) is 17.7. The first-order valence-electron chi connectivity index (χ1n) is 9.39. The molecule has 3 aromatic carbocycles. The SMILES string of the molecule is CC(NC(=O)c1ccccc1-c1ncc(-c2ccc(Br)cc2)o1)c1ccc(F)cc1. The van der Waals surface area contributed by atoms with E-state index in [0.29, 0.717) is 22.8 Å². The number of nitrogens with zero attached hydrogens (tertiary/aromatic N) is 1. The van der Waals surface area contributed by atoms with Crippen LogP contribution in [0.1, 0.15) is 28.9 Å². The molecule has 1 atom stereocenters. The van der Waals surface area contributed by atoms with Crippen LogP contribution in [-0.2, 0) is 0 Å². The molecule has 0 bridgehead atoms. The highest BCUT2D eigenvalue weighted by atomic mass is 79.9. The standard InChI is InChI=1S/C24H18BrFN2O2/c1-15(16-8-12-19(26)13-9-16)28-23(29)20-4-2-3-5-21(20)24-27-14-22(30-24)17-6-10-18(25)11-7-17/h2-15H,1H3,(H,28,29). The van der Waals surface area contributed by atoms with Gasteiger partial charge in [0.05, 0.1) is 17.8 Å². The lowest BCUT2D eigenvalue weighted by atomic mass is 10.0. The molecule has 0 fully saturated rings. The van der Waals surface area contributed by atoms with Gasteiger partial charge in [-0.2, -0.15) is 0 Å². The average Bonchev–Trinajstić information content (AvgIpc) is 3.25. The molecule has 1 aromatic heterocycles. The number of hydrogen-bond donors (Lipinski definition) is 1. The molecule has 150 valence electrons. The summed E-state index contributed by atoms with van der Waals surface area (Å²) in [5.74, 6) is 0.416. The molecule has 0 saturated heterocycles. The Hall–Kier alpha value is -3.25. The van der Waals surface area contributed by atoms with Crippen molar-refractivity contribution in [2.45, 2.75) is 13.0 Å². The van der Waals surface area contributed by atoms with E-state index in [2.05, 4.69) is 26.2 Å². The van der Waals surface area contributed by atoms with E-state index in [1.807, 2.05) is 37.3 Å². The van der Waals surface area contributed by atoms with Gasteiger partial charge in [-0.3, -0.25) is 4.79 Å². The monoisotopic (exact) mass is 464 g/mol. The molecule has 0 spiro atoms. The van der Waals surface area contributed by atoms with Gasteiger partial charge in [0, 0.05) is 15.6 Å². The van der Waals surface area contributed by atoms with Crippen molar-refractivity contribution in [1.29, 1.82) is 0 Å². The number of rotatable bonds is 5. The van der Waals surface area contributed by atoms with E-state index in [-0.39, 0.29) is 17.8 Å². The maximum Gasteiger partial charge on any atom is 0.252 e. The van der Waals surface area contributed by atoms with Crippen LogP contribution in [0.25, 0.3) is 22.8 Å². The Morgan fingerprint density at radius 1 is 1.03 bits per heavy atom. The maximum atomic E-state index is 13.2. The number of nitrogens with one attached hydrogen (secondary N) is 1. The molecule has 30 heavy (non-hydrogen) atoms. The molecule has 4 rings (SSSR count). The number of benzene rings is 3. The van der Waals surface area contributed by atoms with Crippen LogP contribution in [0.15, 0.2) is 87.9 Å². The lowest BCUT2D eigenvalue weighted by molar-refractivity contribution is 0.0940. The second-order valence-electron chi connectivity index (χ2n) is 6.83. The van der Waals surface area contributed by atoms with Gasteiger partial charge in [-0.05, 0) is 48.9 Å². The van der Waals surface area contributed by atoms with Gasteiger partial charge in [0.2, 0.25) is 5.89 Å². The van der Waals surface area contributed by atoms with Crippen LogP contribution >= 0.6 is 15.9 Å². The first-order valence-corrected chi connectivity index (χ1v) is 10.2. The van der Waals surface area contributed by atoms with Crippen LogP contribution in [0.2, 0.25) is 0 Å². The summed E-state index contributed by atoms with van der Waals surface area (Å²) < 4.78 is 20.1. The lowest BCUT2D eigenvalue weighted by Gasteiger charge is -2.15. The van der Waals surface area contributed by atoms with Crippen molar-refractivity contribution < 1.29 is 13.6 Å². The van der Waals surface area contributed by atoms with Gasteiger partial charge in [-0.25, -0.2) is 9.37 Å². The highest BCUT2D eigenvalue weighted by Crippen LogP contribution is 2.29. The molecule has 4 aromatic rings. The fourth-order valence-electron chi connectivity index (χ4n) is 3.12. The molecular formula is C24H18BrFN2O2. The summed E-state index contributed by atoms with van der Waals surface area (Å²) in [6, 6.07) is 20.6. The fraction of sp³-hybridized carbons (Fsp3) is 0.0833. The van der Waals surface area contributed by atoms with Crippen LogP contribution in [0.5, 0.6) is 0 Å². The summed E-state index contributed by atoms with van der Waals surface area (Å²) in [5.41, 5.74) is 2.76. The topological polar surface area (TPSA) is 55.1 Å². The normalized spacial score (nSPS) is 11.8. The first kappa shape index (κ1) is 20.0. The highest BCUT2D eigenvalue weighted by Gasteiger charge is 2.19. The molecule has 0 aliphatic rings. The van der Waals surface area contributed by atoms with Crippen LogP contribution in [0, 0.1) is 5.82 Å². The molecule has 4 nitrogen and oxygen atoms in total. The lowest BCUT2D eigenvalue weighted by Crippen LogP contribution is -2.27. The van der Waals surface area contributed by atoms with Crippen molar-refractivity contribution in [2.75, 3.05) is 0 Å². The van der Waals surface area contributed by atoms with E-state index in [4.69, 9.17) is 4.42 Å². The number of oxazole rings is 1. The Morgan fingerprint density at radius 3 is 2.47 bits per heavy atom.